The first-order chi connectivity index (χ1) is 5.62. The molecule has 0 saturated heterocycles. The standard InChI is InChI=1S/C6H14BO3.I2/c1-6(8,4-9-3)5-10-7-2;1-2/h8H,4-5H2,1-3H3;. The molecule has 0 aliphatic heterocycles. The molecule has 0 aromatic heterocycles. The van der Waals surface area contributed by atoms with Crippen molar-refractivity contribution in [2.24, 2.45) is 0 Å². The van der Waals surface area contributed by atoms with Gasteiger partial charge in [0.05, 0.1) is 13.2 Å². The van der Waals surface area contributed by atoms with Gasteiger partial charge in [0.1, 0.15) is 5.60 Å². The molecule has 0 heterocycles. The molecule has 3 nitrogen and oxygen atoms in total. The van der Waals surface area contributed by atoms with E-state index in [1.807, 2.05) is 0 Å². The summed E-state index contributed by atoms with van der Waals surface area (Å²) in [4.78, 5) is 0. The van der Waals surface area contributed by atoms with Crippen molar-refractivity contribution in [2.45, 2.75) is 19.3 Å². The van der Waals surface area contributed by atoms with Crippen molar-refractivity contribution < 1.29 is 14.5 Å². The molecule has 1 unspecified atom stereocenters. The number of rotatable bonds is 5. The average Bonchev–Trinajstić information content (AvgIpc) is 2.05. The number of aliphatic hydroxyl groups is 1. The summed E-state index contributed by atoms with van der Waals surface area (Å²) in [6.45, 7) is 4.00. The Morgan fingerprint density at radius 3 is 2.25 bits per heavy atom. The Bertz CT molecular complexity index is 92.9. The van der Waals surface area contributed by atoms with Crippen LogP contribution in [0.5, 0.6) is 0 Å². The van der Waals surface area contributed by atoms with Gasteiger partial charge in [-0.2, -0.15) is 0 Å². The van der Waals surface area contributed by atoms with Gasteiger partial charge in [0.15, 0.2) is 0 Å². The minimum absolute atomic E-state index is 0.275. The second-order valence-corrected chi connectivity index (χ2v) is 2.48. The highest BCUT2D eigenvalue weighted by Crippen LogP contribution is 2.02. The van der Waals surface area contributed by atoms with Crippen LogP contribution in [0.25, 0.3) is 0 Å². The van der Waals surface area contributed by atoms with Crippen molar-refractivity contribution in [1.82, 2.24) is 0 Å². The van der Waals surface area contributed by atoms with Crippen LogP contribution in [0.1, 0.15) is 6.92 Å². The first kappa shape index (κ1) is 15.9. The van der Waals surface area contributed by atoms with Crippen molar-refractivity contribution in [3.63, 3.8) is 0 Å². The van der Waals surface area contributed by atoms with Crippen LogP contribution in [-0.4, -0.2) is 38.5 Å². The molecule has 73 valence electrons. The van der Waals surface area contributed by atoms with Gasteiger partial charge in [0.2, 0.25) is 0 Å². The second-order valence-electron chi connectivity index (χ2n) is 2.48. The monoisotopic (exact) mass is 399 g/mol. The van der Waals surface area contributed by atoms with Crippen molar-refractivity contribution in [2.75, 3.05) is 20.3 Å². The first-order valence-corrected chi connectivity index (χ1v) is 9.66. The van der Waals surface area contributed by atoms with Gasteiger partial charge in [-0.3, -0.25) is 0 Å². The maximum Gasteiger partial charge on any atom is 0.289 e. The third-order valence-electron chi connectivity index (χ3n) is 1.02. The molecule has 0 amide bonds. The second kappa shape index (κ2) is 10.5. The van der Waals surface area contributed by atoms with Crippen LogP contribution in [0.15, 0.2) is 0 Å². The van der Waals surface area contributed by atoms with Gasteiger partial charge in [-0.25, -0.2) is 0 Å². The Labute approximate surface area is 98.2 Å². The first-order valence-electron chi connectivity index (χ1n) is 3.37. The number of halogens is 2. The van der Waals surface area contributed by atoms with Gasteiger partial charge in [0, 0.05) is 44.3 Å². The van der Waals surface area contributed by atoms with E-state index in [4.69, 9.17) is 9.39 Å². The van der Waals surface area contributed by atoms with E-state index in [2.05, 4.69) is 37.2 Å². The summed E-state index contributed by atoms with van der Waals surface area (Å²) in [5, 5.41) is 9.38. The molecule has 0 aliphatic carbocycles. The van der Waals surface area contributed by atoms with Crippen LogP contribution in [0.4, 0.5) is 0 Å². The van der Waals surface area contributed by atoms with Crippen LogP contribution in [0, 0.1) is 0 Å². The van der Waals surface area contributed by atoms with Gasteiger partial charge in [-0.1, -0.05) is 6.82 Å². The fourth-order valence-electron chi connectivity index (χ4n) is 0.615. The Balaban J connectivity index is 0. The van der Waals surface area contributed by atoms with Crippen molar-refractivity contribution in [1.29, 1.82) is 0 Å². The third kappa shape index (κ3) is 11.4. The fraction of sp³-hybridized carbons (Fsp3) is 1.00. The summed E-state index contributed by atoms with van der Waals surface area (Å²) in [6.07, 6.45) is 0. The number of hydrogen-bond donors (Lipinski definition) is 1. The Morgan fingerprint density at radius 2 is 1.92 bits per heavy atom. The van der Waals surface area contributed by atoms with E-state index in [1.54, 1.807) is 28.3 Å². The minimum atomic E-state index is -0.874. The predicted octanol–water partition coefficient (Wildman–Crippen LogP) is 1.84. The highest BCUT2D eigenvalue weighted by molar-refractivity contribution is 15.0. The van der Waals surface area contributed by atoms with Crippen LogP contribution in [0.2, 0.25) is 6.82 Å². The van der Waals surface area contributed by atoms with Crippen LogP contribution in [-0.2, 0) is 9.39 Å². The third-order valence-corrected chi connectivity index (χ3v) is 1.02. The summed E-state index contributed by atoms with van der Waals surface area (Å²) in [5.41, 5.74) is -0.874. The number of ether oxygens (including phenoxy) is 1. The molecule has 6 heteroatoms. The SMILES string of the molecule is C[B]OCC(C)(O)COC.II. The van der Waals surface area contributed by atoms with Crippen molar-refractivity contribution in [3.8, 4) is 0 Å². The van der Waals surface area contributed by atoms with Gasteiger partial charge in [0.25, 0.3) is 7.48 Å². The fourth-order valence-corrected chi connectivity index (χ4v) is 0.615. The smallest absolute Gasteiger partial charge is 0.289 e. The van der Waals surface area contributed by atoms with Gasteiger partial charge >= 0.3 is 0 Å². The highest BCUT2D eigenvalue weighted by Gasteiger charge is 2.19. The van der Waals surface area contributed by atoms with Crippen LogP contribution in [0.3, 0.4) is 0 Å². The van der Waals surface area contributed by atoms with E-state index in [0.29, 0.717) is 6.61 Å². The van der Waals surface area contributed by atoms with Gasteiger partial charge < -0.3 is 14.5 Å². The number of hydrogen-bond acceptors (Lipinski definition) is 3. The molecule has 12 heavy (non-hydrogen) atoms. The van der Waals surface area contributed by atoms with E-state index in [-0.39, 0.29) is 6.61 Å². The summed E-state index contributed by atoms with van der Waals surface area (Å²) < 4.78 is 9.66. The molecule has 1 N–H and O–H groups in total. The summed E-state index contributed by atoms with van der Waals surface area (Å²) in [5.74, 6) is 0. The maximum atomic E-state index is 9.38. The summed E-state index contributed by atoms with van der Waals surface area (Å²) >= 11 is 4.24. The lowest BCUT2D eigenvalue weighted by Crippen LogP contribution is -2.36. The van der Waals surface area contributed by atoms with Crippen molar-refractivity contribution in [3.05, 3.63) is 0 Å². The van der Waals surface area contributed by atoms with E-state index < -0.39 is 5.60 Å². The maximum absolute atomic E-state index is 9.38. The Morgan fingerprint density at radius 1 is 1.42 bits per heavy atom. The predicted molar refractivity (Wildman–Crippen MR) is 68.1 cm³/mol. The summed E-state index contributed by atoms with van der Waals surface area (Å²) in [7, 11) is 3.09. The zero-order chi connectivity index (χ0) is 10.0. The van der Waals surface area contributed by atoms with Gasteiger partial charge in [-0.15, -0.1) is 0 Å². The van der Waals surface area contributed by atoms with Crippen LogP contribution >= 0.6 is 37.2 Å². The van der Waals surface area contributed by atoms with E-state index >= 15 is 0 Å². The lowest BCUT2D eigenvalue weighted by Gasteiger charge is -2.21. The molecule has 0 rings (SSSR count). The normalized spacial score (nSPS) is 14.2. The largest absolute Gasteiger partial charge is 0.438 e. The molecule has 1 radical (unpaired) electrons. The lowest BCUT2D eigenvalue weighted by atomic mass is 10.1. The molecule has 1 atom stereocenters. The molecule has 0 spiro atoms. The molecule has 0 saturated carbocycles. The Hall–Kier alpha value is 1.40. The molecule has 0 aliphatic rings. The van der Waals surface area contributed by atoms with Crippen LogP contribution < -0.4 is 0 Å². The molecule has 0 aromatic rings. The Kier molecular flexibility index (Phi) is 13.9. The molecular weight excluding hydrogens is 385 g/mol. The lowest BCUT2D eigenvalue weighted by molar-refractivity contribution is -0.0456. The number of methoxy groups -OCH3 is 1. The van der Waals surface area contributed by atoms with Crippen molar-refractivity contribution >= 4 is 44.7 Å². The molecule has 0 bridgehead atoms. The topological polar surface area (TPSA) is 38.7 Å². The average molecular weight is 399 g/mol. The summed E-state index contributed by atoms with van der Waals surface area (Å²) in [6, 6.07) is 0. The quantitative estimate of drug-likeness (QED) is 0.567. The molecule has 0 fully saturated rings. The van der Waals surface area contributed by atoms with E-state index in [1.165, 1.54) is 0 Å². The zero-order valence-electron chi connectivity index (χ0n) is 7.51. The minimum Gasteiger partial charge on any atom is -0.438 e. The zero-order valence-corrected chi connectivity index (χ0v) is 11.8. The molecular formula is C6H14BI2O3. The van der Waals surface area contributed by atoms with E-state index in [9.17, 15) is 5.11 Å². The van der Waals surface area contributed by atoms with Gasteiger partial charge in [-0.05, 0) is 6.92 Å². The highest BCUT2D eigenvalue weighted by atomic mass is 128. The van der Waals surface area contributed by atoms with E-state index in [0.717, 1.165) is 0 Å². The molecule has 0 aromatic carbocycles.